The lowest BCUT2D eigenvalue weighted by atomic mass is 10.1. The van der Waals surface area contributed by atoms with Crippen molar-refractivity contribution in [3.63, 3.8) is 0 Å². The van der Waals surface area contributed by atoms with Crippen molar-refractivity contribution in [2.75, 3.05) is 17.7 Å². The molecule has 0 bridgehead atoms. The van der Waals surface area contributed by atoms with E-state index in [9.17, 15) is 9.59 Å². The number of nitrogens with two attached hydrogens (primary N) is 1. The summed E-state index contributed by atoms with van der Waals surface area (Å²) >= 11 is 0. The standard InChI is InChI=1S/C19H17N3O4/c1-12-17(18(20)26-22-12)19(24)25-11-16(23)21-15-9-7-14(8-10-15)13-5-3-2-4-6-13/h2-10H,11,20H2,1H3,(H,21,23). The van der Waals surface area contributed by atoms with Crippen LogP contribution in [0.4, 0.5) is 11.6 Å². The molecule has 3 aromatic rings. The molecule has 0 saturated carbocycles. The van der Waals surface area contributed by atoms with E-state index in [4.69, 9.17) is 15.0 Å². The number of esters is 1. The lowest BCUT2D eigenvalue weighted by molar-refractivity contribution is -0.119. The van der Waals surface area contributed by atoms with E-state index in [2.05, 4.69) is 10.5 Å². The molecule has 132 valence electrons. The number of aromatic nitrogens is 1. The number of ether oxygens (including phenoxy) is 1. The molecule has 0 radical (unpaired) electrons. The van der Waals surface area contributed by atoms with Gasteiger partial charge in [0.25, 0.3) is 5.91 Å². The summed E-state index contributed by atoms with van der Waals surface area (Å²) in [5, 5.41) is 6.23. The number of nitrogens with zero attached hydrogens (tertiary/aromatic N) is 1. The molecule has 0 spiro atoms. The Morgan fingerprint density at radius 3 is 2.35 bits per heavy atom. The highest BCUT2D eigenvalue weighted by atomic mass is 16.5. The van der Waals surface area contributed by atoms with Crippen molar-refractivity contribution in [2.24, 2.45) is 0 Å². The van der Waals surface area contributed by atoms with Gasteiger partial charge in [0.1, 0.15) is 5.56 Å². The van der Waals surface area contributed by atoms with Crippen molar-refractivity contribution < 1.29 is 18.8 Å². The summed E-state index contributed by atoms with van der Waals surface area (Å²) in [6, 6.07) is 17.3. The molecule has 1 heterocycles. The van der Waals surface area contributed by atoms with E-state index in [0.717, 1.165) is 11.1 Å². The molecule has 0 aliphatic heterocycles. The van der Waals surface area contributed by atoms with Gasteiger partial charge >= 0.3 is 5.97 Å². The van der Waals surface area contributed by atoms with Crippen LogP contribution in [0.15, 0.2) is 59.1 Å². The predicted octanol–water partition coefficient (Wildman–Crippen LogP) is 3.03. The molecular formula is C19H17N3O4. The molecule has 26 heavy (non-hydrogen) atoms. The Labute approximate surface area is 149 Å². The summed E-state index contributed by atoms with van der Waals surface area (Å²) < 4.78 is 9.64. The van der Waals surface area contributed by atoms with Crippen molar-refractivity contribution >= 4 is 23.4 Å². The number of benzene rings is 2. The Morgan fingerprint density at radius 1 is 1.08 bits per heavy atom. The summed E-state index contributed by atoms with van der Waals surface area (Å²) in [5.74, 6) is -1.35. The number of hydrogen-bond donors (Lipinski definition) is 2. The van der Waals surface area contributed by atoms with E-state index in [-0.39, 0.29) is 11.4 Å². The average Bonchev–Trinajstić information content (AvgIpc) is 2.99. The number of carbonyl (C=O) groups excluding carboxylic acids is 2. The molecular weight excluding hydrogens is 334 g/mol. The minimum Gasteiger partial charge on any atom is -0.452 e. The number of anilines is 2. The minimum absolute atomic E-state index is 0.0324. The monoisotopic (exact) mass is 351 g/mol. The first kappa shape index (κ1) is 17.2. The van der Waals surface area contributed by atoms with E-state index >= 15 is 0 Å². The highest BCUT2D eigenvalue weighted by Crippen LogP contribution is 2.21. The van der Waals surface area contributed by atoms with Crippen molar-refractivity contribution in [3.8, 4) is 11.1 Å². The minimum atomic E-state index is -0.754. The molecule has 0 aliphatic rings. The molecule has 1 amide bonds. The van der Waals surface area contributed by atoms with Crippen LogP contribution in [-0.2, 0) is 9.53 Å². The van der Waals surface area contributed by atoms with Crippen LogP contribution in [0, 0.1) is 6.92 Å². The maximum Gasteiger partial charge on any atom is 0.346 e. The van der Waals surface area contributed by atoms with Crippen molar-refractivity contribution in [1.29, 1.82) is 0 Å². The number of amides is 1. The third-order valence-corrected chi connectivity index (χ3v) is 3.70. The summed E-state index contributed by atoms with van der Waals surface area (Å²) in [6.07, 6.45) is 0. The van der Waals surface area contributed by atoms with Gasteiger partial charge in [-0.1, -0.05) is 47.6 Å². The second kappa shape index (κ2) is 7.52. The highest BCUT2D eigenvalue weighted by molar-refractivity contribution is 5.98. The Morgan fingerprint density at radius 2 is 1.73 bits per heavy atom. The SMILES string of the molecule is Cc1noc(N)c1C(=O)OCC(=O)Nc1ccc(-c2ccccc2)cc1. The van der Waals surface area contributed by atoms with Gasteiger partial charge in [-0.05, 0) is 30.2 Å². The highest BCUT2D eigenvalue weighted by Gasteiger charge is 2.20. The van der Waals surface area contributed by atoms with Crippen LogP contribution in [0.25, 0.3) is 11.1 Å². The number of nitrogens with one attached hydrogen (secondary N) is 1. The summed E-state index contributed by atoms with van der Waals surface area (Å²) in [4.78, 5) is 23.9. The number of hydrogen-bond acceptors (Lipinski definition) is 6. The van der Waals surface area contributed by atoms with Crippen LogP contribution in [-0.4, -0.2) is 23.6 Å². The van der Waals surface area contributed by atoms with Gasteiger partial charge < -0.3 is 20.3 Å². The first-order chi connectivity index (χ1) is 12.5. The van der Waals surface area contributed by atoms with Crippen LogP contribution >= 0.6 is 0 Å². The summed E-state index contributed by atoms with van der Waals surface area (Å²) in [6.45, 7) is 1.12. The van der Waals surface area contributed by atoms with E-state index in [1.54, 1.807) is 19.1 Å². The topological polar surface area (TPSA) is 107 Å². The first-order valence-electron chi connectivity index (χ1n) is 7.89. The smallest absolute Gasteiger partial charge is 0.346 e. The summed E-state index contributed by atoms with van der Waals surface area (Å²) in [5.41, 5.74) is 8.57. The van der Waals surface area contributed by atoms with Crippen LogP contribution in [0.2, 0.25) is 0 Å². The van der Waals surface area contributed by atoms with Crippen molar-refractivity contribution in [3.05, 3.63) is 65.9 Å². The fourth-order valence-electron chi connectivity index (χ4n) is 2.41. The van der Waals surface area contributed by atoms with Crippen LogP contribution < -0.4 is 11.1 Å². The van der Waals surface area contributed by atoms with Gasteiger partial charge in [0.05, 0.1) is 5.69 Å². The maximum absolute atomic E-state index is 12.0. The molecule has 3 N–H and O–H groups in total. The van der Waals surface area contributed by atoms with Crippen molar-refractivity contribution in [1.82, 2.24) is 5.16 Å². The van der Waals surface area contributed by atoms with Gasteiger partial charge in [-0.3, -0.25) is 4.79 Å². The molecule has 1 aromatic heterocycles. The van der Waals surface area contributed by atoms with Gasteiger partial charge in [-0.25, -0.2) is 4.79 Å². The van der Waals surface area contributed by atoms with E-state index < -0.39 is 18.5 Å². The number of aryl methyl sites for hydroxylation is 1. The van der Waals surface area contributed by atoms with E-state index in [0.29, 0.717) is 11.4 Å². The second-order valence-electron chi connectivity index (χ2n) is 5.57. The van der Waals surface area contributed by atoms with Gasteiger partial charge in [0.2, 0.25) is 5.88 Å². The van der Waals surface area contributed by atoms with Gasteiger partial charge in [0.15, 0.2) is 6.61 Å². The van der Waals surface area contributed by atoms with Crippen LogP contribution in [0.3, 0.4) is 0 Å². The average molecular weight is 351 g/mol. The molecule has 0 aliphatic carbocycles. The summed E-state index contributed by atoms with van der Waals surface area (Å²) in [7, 11) is 0. The largest absolute Gasteiger partial charge is 0.452 e. The Kier molecular flexibility index (Phi) is 4.98. The van der Waals surface area contributed by atoms with Gasteiger partial charge in [0, 0.05) is 5.69 Å². The lowest BCUT2D eigenvalue weighted by Crippen LogP contribution is -2.21. The lowest BCUT2D eigenvalue weighted by Gasteiger charge is -2.07. The molecule has 7 heteroatoms. The number of carbonyl (C=O) groups is 2. The Balaban J connectivity index is 1.56. The zero-order valence-corrected chi connectivity index (χ0v) is 14.1. The molecule has 0 saturated heterocycles. The van der Waals surface area contributed by atoms with E-state index in [1.165, 1.54) is 0 Å². The molecule has 0 fully saturated rings. The predicted molar refractivity (Wildman–Crippen MR) is 96.4 cm³/mol. The Bertz CT molecular complexity index is 898. The second-order valence-corrected chi connectivity index (χ2v) is 5.57. The van der Waals surface area contributed by atoms with Crippen LogP contribution in [0.5, 0.6) is 0 Å². The molecule has 0 unspecified atom stereocenters. The first-order valence-corrected chi connectivity index (χ1v) is 7.89. The Hall–Kier alpha value is -3.61. The van der Waals surface area contributed by atoms with Crippen molar-refractivity contribution in [2.45, 2.75) is 6.92 Å². The fraction of sp³-hybridized carbons (Fsp3) is 0.105. The quantitative estimate of drug-likeness (QED) is 0.684. The molecule has 7 nitrogen and oxygen atoms in total. The maximum atomic E-state index is 12.0. The number of rotatable bonds is 5. The number of nitrogen functional groups attached to an aromatic ring is 1. The third kappa shape index (κ3) is 3.89. The zero-order valence-electron chi connectivity index (χ0n) is 14.1. The fourth-order valence-corrected chi connectivity index (χ4v) is 2.41. The van der Waals surface area contributed by atoms with Gasteiger partial charge in [-0.15, -0.1) is 0 Å². The van der Waals surface area contributed by atoms with Crippen LogP contribution in [0.1, 0.15) is 16.1 Å². The zero-order chi connectivity index (χ0) is 18.5. The molecule has 2 aromatic carbocycles. The normalized spacial score (nSPS) is 10.3. The van der Waals surface area contributed by atoms with Gasteiger partial charge in [-0.2, -0.15) is 0 Å². The molecule has 0 atom stereocenters. The van der Waals surface area contributed by atoms with E-state index in [1.807, 2.05) is 42.5 Å². The molecule has 3 rings (SSSR count). The third-order valence-electron chi connectivity index (χ3n) is 3.70.